The molecule has 1 unspecified atom stereocenters. The number of hydrogen-bond donors (Lipinski definition) is 2. The number of Topliss-reactive ketones (excluding diaryl/α,β-unsaturated/α-hetero) is 1. The number of nitro groups is 1. The molecular formula is C9H14N4O3S. The van der Waals surface area contributed by atoms with E-state index in [9.17, 15) is 14.9 Å². The summed E-state index contributed by atoms with van der Waals surface area (Å²) < 4.78 is 0. The van der Waals surface area contributed by atoms with Crippen LogP contribution in [0.15, 0.2) is 5.10 Å². The molecule has 0 heterocycles. The summed E-state index contributed by atoms with van der Waals surface area (Å²) in [5.41, 5.74) is 7.33. The third-order valence-electron chi connectivity index (χ3n) is 2.45. The quantitative estimate of drug-likeness (QED) is 0.416. The van der Waals surface area contributed by atoms with Crippen molar-refractivity contribution in [2.45, 2.75) is 32.7 Å². The van der Waals surface area contributed by atoms with Crippen molar-refractivity contribution >= 4 is 28.8 Å². The van der Waals surface area contributed by atoms with Gasteiger partial charge in [0.25, 0.3) is 0 Å². The van der Waals surface area contributed by atoms with Gasteiger partial charge >= 0.3 is 6.04 Å². The van der Waals surface area contributed by atoms with Crippen molar-refractivity contribution in [2.24, 2.45) is 16.3 Å². The molecule has 1 aliphatic rings. The zero-order chi connectivity index (χ0) is 13.2. The Morgan fingerprint density at radius 2 is 2.24 bits per heavy atom. The number of nitrogens with two attached hydrogens (primary N) is 1. The summed E-state index contributed by atoms with van der Waals surface area (Å²) in [5.74, 6) is -0.435. The van der Waals surface area contributed by atoms with Gasteiger partial charge in [0.05, 0.1) is 0 Å². The molecule has 1 fully saturated rings. The summed E-state index contributed by atoms with van der Waals surface area (Å²) in [4.78, 5) is 21.9. The van der Waals surface area contributed by atoms with Gasteiger partial charge in [0.15, 0.2) is 5.11 Å². The van der Waals surface area contributed by atoms with Gasteiger partial charge in [-0.1, -0.05) is 13.8 Å². The number of nitrogens with zero attached hydrogens (tertiary/aromatic N) is 2. The first-order valence-electron chi connectivity index (χ1n) is 5.01. The molecule has 0 radical (unpaired) electrons. The second kappa shape index (κ2) is 4.74. The Bertz CT molecular complexity index is 405. The highest BCUT2D eigenvalue weighted by Crippen LogP contribution is 2.32. The SMILES string of the molecule is CC1(C)CC(=O)C([N+](=O)[O-])/C(=N\NC(N)=S)C1. The molecule has 0 amide bonds. The normalized spacial score (nSPS) is 25.6. The second-order valence-corrected chi connectivity index (χ2v) is 5.19. The lowest BCUT2D eigenvalue weighted by Gasteiger charge is -2.30. The minimum absolute atomic E-state index is 0.0876. The first kappa shape index (κ1) is 13.5. The van der Waals surface area contributed by atoms with E-state index in [2.05, 4.69) is 22.7 Å². The fourth-order valence-corrected chi connectivity index (χ4v) is 1.92. The van der Waals surface area contributed by atoms with Crippen LogP contribution in [0.4, 0.5) is 0 Å². The van der Waals surface area contributed by atoms with Crippen molar-refractivity contribution in [3.63, 3.8) is 0 Å². The molecule has 0 aliphatic heterocycles. The maximum atomic E-state index is 11.7. The first-order valence-corrected chi connectivity index (χ1v) is 5.42. The average Bonchev–Trinajstić information content (AvgIpc) is 2.10. The van der Waals surface area contributed by atoms with Crippen LogP contribution < -0.4 is 11.2 Å². The van der Waals surface area contributed by atoms with Crippen molar-refractivity contribution in [1.82, 2.24) is 5.43 Å². The fraction of sp³-hybridized carbons (Fsp3) is 0.667. The molecule has 0 spiro atoms. The average molecular weight is 258 g/mol. The molecular weight excluding hydrogens is 244 g/mol. The summed E-state index contributed by atoms with van der Waals surface area (Å²) in [6, 6.07) is -1.38. The Kier molecular flexibility index (Phi) is 3.76. The van der Waals surface area contributed by atoms with Crippen LogP contribution in [0.2, 0.25) is 0 Å². The summed E-state index contributed by atoms with van der Waals surface area (Å²) >= 11 is 4.56. The number of ketones is 1. The van der Waals surface area contributed by atoms with E-state index in [0.717, 1.165) is 0 Å². The molecule has 94 valence electrons. The first-order chi connectivity index (χ1) is 7.73. The third-order valence-corrected chi connectivity index (χ3v) is 2.54. The zero-order valence-electron chi connectivity index (χ0n) is 9.60. The minimum Gasteiger partial charge on any atom is -0.375 e. The highest BCUT2D eigenvalue weighted by atomic mass is 32.1. The number of thiocarbonyl (C=S) groups is 1. The van der Waals surface area contributed by atoms with Gasteiger partial charge < -0.3 is 5.73 Å². The second-order valence-electron chi connectivity index (χ2n) is 4.75. The highest BCUT2D eigenvalue weighted by molar-refractivity contribution is 7.80. The van der Waals surface area contributed by atoms with E-state index < -0.39 is 16.7 Å². The van der Waals surface area contributed by atoms with E-state index in [0.29, 0.717) is 6.42 Å². The van der Waals surface area contributed by atoms with Gasteiger partial charge in [-0.15, -0.1) is 0 Å². The predicted molar refractivity (Wildman–Crippen MR) is 66.2 cm³/mol. The van der Waals surface area contributed by atoms with E-state index >= 15 is 0 Å². The molecule has 1 saturated carbocycles. The van der Waals surface area contributed by atoms with Crippen LogP contribution in [0.5, 0.6) is 0 Å². The molecule has 0 aromatic carbocycles. The molecule has 0 aromatic rings. The van der Waals surface area contributed by atoms with Crippen molar-refractivity contribution in [3.05, 3.63) is 10.1 Å². The van der Waals surface area contributed by atoms with Crippen LogP contribution in [-0.2, 0) is 4.79 Å². The molecule has 17 heavy (non-hydrogen) atoms. The zero-order valence-corrected chi connectivity index (χ0v) is 10.4. The lowest BCUT2D eigenvalue weighted by Crippen LogP contribution is -2.47. The van der Waals surface area contributed by atoms with Gasteiger partial charge in [0.2, 0.25) is 5.78 Å². The van der Waals surface area contributed by atoms with E-state index in [-0.39, 0.29) is 22.7 Å². The van der Waals surface area contributed by atoms with Crippen molar-refractivity contribution in [2.75, 3.05) is 0 Å². The fourth-order valence-electron chi connectivity index (χ4n) is 1.87. The number of carbonyl (C=O) groups excluding carboxylic acids is 1. The van der Waals surface area contributed by atoms with E-state index in [1.165, 1.54) is 0 Å². The number of rotatable bonds is 2. The van der Waals surface area contributed by atoms with Crippen LogP contribution in [-0.4, -0.2) is 27.6 Å². The van der Waals surface area contributed by atoms with Gasteiger partial charge in [-0.3, -0.25) is 20.3 Å². The van der Waals surface area contributed by atoms with Crippen LogP contribution >= 0.6 is 12.2 Å². The smallest absolute Gasteiger partial charge is 0.309 e. The summed E-state index contributed by atoms with van der Waals surface area (Å²) in [5, 5.41) is 14.5. The van der Waals surface area contributed by atoms with E-state index in [1.807, 2.05) is 13.8 Å². The molecule has 8 heteroatoms. The molecule has 3 N–H and O–H groups in total. The summed E-state index contributed by atoms with van der Waals surface area (Å²) in [6.45, 7) is 3.72. The molecule has 0 saturated heterocycles. The topological polar surface area (TPSA) is 111 Å². The number of hydrogen-bond acceptors (Lipinski definition) is 5. The lowest BCUT2D eigenvalue weighted by atomic mass is 9.74. The van der Waals surface area contributed by atoms with Crippen LogP contribution in [0.25, 0.3) is 0 Å². The Hall–Kier alpha value is -1.57. The van der Waals surface area contributed by atoms with Gasteiger partial charge in [-0.05, 0) is 17.6 Å². The number of nitrogens with one attached hydrogen (secondary N) is 1. The predicted octanol–water partition coefficient (Wildman–Crippen LogP) is 0.210. The van der Waals surface area contributed by atoms with E-state index in [4.69, 9.17) is 5.73 Å². The third kappa shape index (κ3) is 3.45. The Morgan fingerprint density at radius 3 is 2.71 bits per heavy atom. The summed E-state index contributed by atoms with van der Waals surface area (Å²) in [6.07, 6.45) is 0.532. The molecule has 1 aliphatic carbocycles. The molecule has 7 nitrogen and oxygen atoms in total. The lowest BCUT2D eigenvalue weighted by molar-refractivity contribution is -0.490. The molecule has 1 atom stereocenters. The van der Waals surface area contributed by atoms with Crippen molar-refractivity contribution in [3.8, 4) is 0 Å². The highest BCUT2D eigenvalue weighted by Gasteiger charge is 2.45. The largest absolute Gasteiger partial charge is 0.375 e. The van der Waals surface area contributed by atoms with Gasteiger partial charge in [0, 0.05) is 17.8 Å². The van der Waals surface area contributed by atoms with Crippen molar-refractivity contribution in [1.29, 1.82) is 0 Å². The van der Waals surface area contributed by atoms with Crippen LogP contribution in [0.3, 0.4) is 0 Å². The van der Waals surface area contributed by atoms with Crippen molar-refractivity contribution < 1.29 is 9.72 Å². The van der Waals surface area contributed by atoms with Gasteiger partial charge in [0.1, 0.15) is 5.71 Å². The monoisotopic (exact) mass is 258 g/mol. The Labute approximate surface area is 104 Å². The van der Waals surface area contributed by atoms with Crippen LogP contribution in [0.1, 0.15) is 26.7 Å². The number of hydrazone groups is 1. The number of carbonyl (C=O) groups is 1. The molecule has 1 rings (SSSR count). The van der Waals surface area contributed by atoms with Gasteiger partial charge in [-0.2, -0.15) is 5.10 Å². The molecule has 0 aromatic heterocycles. The Morgan fingerprint density at radius 1 is 1.65 bits per heavy atom. The summed E-state index contributed by atoms with van der Waals surface area (Å²) in [7, 11) is 0. The minimum atomic E-state index is -1.38. The maximum Gasteiger partial charge on any atom is 0.309 e. The standard InChI is InChI=1S/C9H14N4O3S/c1-9(2)3-5(11-12-8(10)17)7(13(15)16)6(14)4-9/h7H,3-4H2,1-2H3,(H3,10,12,17)/b11-5-. The Balaban J connectivity index is 3.01. The van der Waals surface area contributed by atoms with Crippen LogP contribution in [0, 0.1) is 15.5 Å². The molecule has 0 bridgehead atoms. The van der Waals surface area contributed by atoms with Gasteiger partial charge in [-0.25, -0.2) is 0 Å². The van der Waals surface area contributed by atoms with E-state index in [1.54, 1.807) is 0 Å². The maximum absolute atomic E-state index is 11.7.